The van der Waals surface area contributed by atoms with Crippen LogP contribution >= 0.6 is 0 Å². The van der Waals surface area contributed by atoms with Crippen LogP contribution in [0.15, 0.2) is 18.2 Å². The van der Waals surface area contributed by atoms with Gasteiger partial charge in [-0.3, -0.25) is 0 Å². The number of methoxy groups -OCH3 is 1. The van der Waals surface area contributed by atoms with E-state index in [-0.39, 0.29) is 5.41 Å². The smallest absolute Gasteiger partial charge is 0.122 e. The fraction of sp³-hybridized carbons (Fsp3) is 0.647. The van der Waals surface area contributed by atoms with Crippen LogP contribution in [-0.2, 0) is 10.8 Å². The summed E-state index contributed by atoms with van der Waals surface area (Å²) in [7, 11) is 1.78. The van der Waals surface area contributed by atoms with E-state index in [1.807, 2.05) is 0 Å². The van der Waals surface area contributed by atoms with Crippen LogP contribution in [0.1, 0.15) is 51.7 Å². The molecule has 1 aliphatic rings. The van der Waals surface area contributed by atoms with Gasteiger partial charge in [0.05, 0.1) is 7.11 Å². The fourth-order valence-electron chi connectivity index (χ4n) is 2.65. The zero-order valence-corrected chi connectivity index (χ0v) is 13.0. The second-order valence-corrected chi connectivity index (χ2v) is 6.73. The zero-order valence-electron chi connectivity index (χ0n) is 13.0. The molecule has 0 heterocycles. The second-order valence-electron chi connectivity index (χ2n) is 6.73. The molecule has 19 heavy (non-hydrogen) atoms. The van der Waals surface area contributed by atoms with Crippen molar-refractivity contribution in [2.24, 2.45) is 0 Å². The number of nitrogens with one attached hydrogen (secondary N) is 1. The van der Waals surface area contributed by atoms with Gasteiger partial charge in [-0.2, -0.15) is 0 Å². The van der Waals surface area contributed by atoms with Crippen LogP contribution in [0.5, 0.6) is 5.75 Å². The molecule has 0 unspecified atom stereocenters. The maximum atomic E-state index is 5.59. The first kappa shape index (κ1) is 14.4. The Bertz CT molecular complexity index is 441. The van der Waals surface area contributed by atoms with Gasteiger partial charge >= 0.3 is 0 Å². The Labute approximate surface area is 117 Å². The van der Waals surface area contributed by atoms with E-state index in [9.17, 15) is 0 Å². The first-order valence-electron chi connectivity index (χ1n) is 7.33. The highest BCUT2D eigenvalue weighted by molar-refractivity contribution is 5.47. The van der Waals surface area contributed by atoms with Crippen molar-refractivity contribution < 1.29 is 4.74 Å². The maximum Gasteiger partial charge on any atom is 0.122 e. The minimum atomic E-state index is 0.190. The monoisotopic (exact) mass is 261 g/mol. The molecule has 0 aromatic heterocycles. The molecule has 1 fully saturated rings. The van der Waals surface area contributed by atoms with Gasteiger partial charge in [-0.1, -0.05) is 39.8 Å². The van der Waals surface area contributed by atoms with Crippen LogP contribution in [0, 0.1) is 0 Å². The Morgan fingerprint density at radius 2 is 1.95 bits per heavy atom. The van der Waals surface area contributed by atoms with Crippen molar-refractivity contribution in [3.8, 4) is 5.75 Å². The Kier molecular flexibility index (Phi) is 3.91. The van der Waals surface area contributed by atoms with Crippen molar-refractivity contribution in [1.29, 1.82) is 0 Å². The first-order chi connectivity index (χ1) is 8.93. The van der Waals surface area contributed by atoms with Crippen molar-refractivity contribution in [3.05, 3.63) is 29.3 Å². The third-order valence-corrected chi connectivity index (χ3v) is 4.20. The van der Waals surface area contributed by atoms with E-state index in [2.05, 4.69) is 51.2 Å². The van der Waals surface area contributed by atoms with Gasteiger partial charge in [0, 0.05) is 17.5 Å². The van der Waals surface area contributed by atoms with Gasteiger partial charge in [0.2, 0.25) is 0 Å². The molecule has 2 rings (SSSR count). The van der Waals surface area contributed by atoms with E-state index >= 15 is 0 Å². The van der Waals surface area contributed by atoms with E-state index < -0.39 is 0 Å². The molecule has 0 bridgehead atoms. The molecular formula is C17H27NO. The lowest BCUT2D eigenvalue weighted by Crippen LogP contribution is -2.27. The largest absolute Gasteiger partial charge is 0.496 e. The van der Waals surface area contributed by atoms with Gasteiger partial charge in [-0.25, -0.2) is 0 Å². The summed E-state index contributed by atoms with van der Waals surface area (Å²) in [6.45, 7) is 11.1. The average molecular weight is 261 g/mol. The van der Waals surface area contributed by atoms with E-state index in [4.69, 9.17) is 4.74 Å². The minimum absolute atomic E-state index is 0.190. The predicted octanol–water partition coefficient (Wildman–Crippen LogP) is 3.63. The molecule has 1 aromatic carbocycles. The lowest BCUT2D eigenvalue weighted by molar-refractivity contribution is 0.401. The van der Waals surface area contributed by atoms with Crippen LogP contribution in [0.25, 0.3) is 0 Å². The average Bonchev–Trinajstić information content (AvgIpc) is 3.15. The molecule has 0 atom stereocenters. The van der Waals surface area contributed by atoms with Crippen LogP contribution in [-0.4, -0.2) is 20.2 Å². The second kappa shape index (κ2) is 5.16. The summed E-state index contributed by atoms with van der Waals surface area (Å²) in [6, 6.07) is 6.71. The molecule has 2 nitrogen and oxygen atoms in total. The zero-order chi connectivity index (χ0) is 14.1. The quantitative estimate of drug-likeness (QED) is 0.874. The highest BCUT2D eigenvalue weighted by atomic mass is 16.5. The summed E-state index contributed by atoms with van der Waals surface area (Å²) < 4.78 is 5.59. The lowest BCUT2D eigenvalue weighted by atomic mass is 9.83. The Morgan fingerprint density at radius 3 is 2.42 bits per heavy atom. The molecule has 0 spiro atoms. The van der Waals surface area contributed by atoms with E-state index in [1.54, 1.807) is 7.11 Å². The summed E-state index contributed by atoms with van der Waals surface area (Å²) in [5.41, 5.74) is 3.28. The topological polar surface area (TPSA) is 21.3 Å². The van der Waals surface area contributed by atoms with Crippen molar-refractivity contribution >= 4 is 0 Å². The maximum absolute atomic E-state index is 5.59. The van der Waals surface area contributed by atoms with Gasteiger partial charge in [-0.05, 0) is 36.4 Å². The van der Waals surface area contributed by atoms with Crippen LogP contribution < -0.4 is 10.1 Å². The SMILES string of the molecule is CCNCC1(c2cc(C(C)(C)C)ccc2OC)CC1. The molecule has 1 aliphatic carbocycles. The number of benzene rings is 1. The number of likely N-dealkylation sites (N-methyl/N-ethyl adjacent to an activating group) is 1. The van der Waals surface area contributed by atoms with Crippen molar-refractivity contribution in [2.45, 2.75) is 51.4 Å². The molecule has 1 aromatic rings. The van der Waals surface area contributed by atoms with Crippen LogP contribution in [0.3, 0.4) is 0 Å². The summed E-state index contributed by atoms with van der Waals surface area (Å²) in [5.74, 6) is 1.04. The van der Waals surface area contributed by atoms with Gasteiger partial charge < -0.3 is 10.1 Å². The van der Waals surface area contributed by atoms with E-state index in [0.717, 1.165) is 18.8 Å². The molecule has 0 saturated heterocycles. The molecular weight excluding hydrogens is 234 g/mol. The molecule has 1 saturated carbocycles. The molecule has 106 valence electrons. The highest BCUT2D eigenvalue weighted by Crippen LogP contribution is 2.51. The molecule has 2 heteroatoms. The van der Waals surface area contributed by atoms with Gasteiger partial charge in [0.1, 0.15) is 5.75 Å². The summed E-state index contributed by atoms with van der Waals surface area (Å²) >= 11 is 0. The number of rotatable bonds is 5. The fourth-order valence-corrected chi connectivity index (χ4v) is 2.65. The van der Waals surface area contributed by atoms with Gasteiger partial charge in [-0.15, -0.1) is 0 Å². The minimum Gasteiger partial charge on any atom is -0.496 e. The molecule has 0 amide bonds. The van der Waals surface area contributed by atoms with Crippen molar-refractivity contribution in [2.75, 3.05) is 20.2 Å². The first-order valence-corrected chi connectivity index (χ1v) is 7.33. The standard InChI is InChI=1S/C17H27NO/c1-6-18-12-17(9-10-17)14-11-13(16(2,3)4)7-8-15(14)19-5/h7-8,11,18H,6,9-10,12H2,1-5H3. The predicted molar refractivity (Wildman–Crippen MR) is 81.1 cm³/mol. The summed E-state index contributed by atoms with van der Waals surface area (Å²) in [6.07, 6.45) is 2.54. The number of hydrogen-bond acceptors (Lipinski definition) is 2. The van der Waals surface area contributed by atoms with Gasteiger partial charge in [0.25, 0.3) is 0 Å². The lowest BCUT2D eigenvalue weighted by Gasteiger charge is -2.25. The van der Waals surface area contributed by atoms with Crippen LogP contribution in [0.2, 0.25) is 0 Å². The van der Waals surface area contributed by atoms with E-state index in [0.29, 0.717) is 5.41 Å². The Hall–Kier alpha value is -1.02. The van der Waals surface area contributed by atoms with Crippen molar-refractivity contribution in [1.82, 2.24) is 5.32 Å². The normalized spacial score (nSPS) is 17.3. The highest BCUT2D eigenvalue weighted by Gasteiger charge is 2.45. The Balaban J connectivity index is 2.37. The van der Waals surface area contributed by atoms with E-state index in [1.165, 1.54) is 24.0 Å². The summed E-state index contributed by atoms with van der Waals surface area (Å²) in [4.78, 5) is 0. The third kappa shape index (κ3) is 2.94. The number of hydrogen-bond donors (Lipinski definition) is 1. The third-order valence-electron chi connectivity index (χ3n) is 4.20. The van der Waals surface area contributed by atoms with Crippen molar-refractivity contribution in [3.63, 3.8) is 0 Å². The van der Waals surface area contributed by atoms with Crippen LogP contribution in [0.4, 0.5) is 0 Å². The Morgan fingerprint density at radius 1 is 1.26 bits per heavy atom. The molecule has 0 radical (unpaired) electrons. The van der Waals surface area contributed by atoms with Gasteiger partial charge in [0.15, 0.2) is 0 Å². The number of ether oxygens (including phenoxy) is 1. The molecule has 1 N–H and O–H groups in total. The molecule has 0 aliphatic heterocycles. The summed E-state index contributed by atoms with van der Waals surface area (Å²) in [5, 5.41) is 3.50.